The quantitative estimate of drug-likeness (QED) is 0.326. The number of rotatable bonds is 6. The number of aromatic amines is 1. The number of benzene rings is 2. The molecule has 4 heterocycles. The second-order valence-corrected chi connectivity index (χ2v) is 10.8. The summed E-state index contributed by atoms with van der Waals surface area (Å²) in [5, 5.41) is 7.93. The van der Waals surface area contributed by atoms with Gasteiger partial charge in [0.25, 0.3) is 0 Å². The molecule has 2 aromatic heterocycles. The first-order valence-corrected chi connectivity index (χ1v) is 13.8. The van der Waals surface area contributed by atoms with E-state index in [1.54, 1.807) is 0 Å². The fraction of sp³-hybridized carbons (Fsp3) is 0.400. The zero-order valence-corrected chi connectivity index (χ0v) is 22.7. The van der Waals surface area contributed by atoms with Gasteiger partial charge in [-0.15, -0.1) is 0 Å². The number of piperidine rings is 1. The van der Waals surface area contributed by atoms with E-state index in [2.05, 4.69) is 81.5 Å². The van der Waals surface area contributed by atoms with Crippen molar-refractivity contribution in [1.82, 2.24) is 24.8 Å². The van der Waals surface area contributed by atoms with Gasteiger partial charge in [0, 0.05) is 68.6 Å². The zero-order valence-electron chi connectivity index (χ0n) is 22.7. The third-order valence-corrected chi connectivity index (χ3v) is 8.15. The zero-order chi connectivity index (χ0) is 26.1. The first kappa shape index (κ1) is 24.7. The van der Waals surface area contributed by atoms with Gasteiger partial charge < -0.3 is 25.4 Å². The van der Waals surface area contributed by atoms with E-state index in [-0.39, 0.29) is 0 Å². The van der Waals surface area contributed by atoms with Crippen LogP contribution in [0.2, 0.25) is 0 Å². The molecule has 8 heteroatoms. The molecule has 0 spiro atoms. The number of nitrogens with one attached hydrogen (secondary N) is 3. The van der Waals surface area contributed by atoms with Crippen molar-refractivity contribution >= 4 is 39.9 Å². The van der Waals surface area contributed by atoms with Crippen molar-refractivity contribution in [2.45, 2.75) is 32.7 Å². The van der Waals surface area contributed by atoms with Crippen LogP contribution >= 0.6 is 0 Å². The second kappa shape index (κ2) is 10.6. The van der Waals surface area contributed by atoms with Gasteiger partial charge in [0.05, 0.1) is 5.39 Å². The Balaban J connectivity index is 1.15. The van der Waals surface area contributed by atoms with Crippen LogP contribution in [-0.4, -0.2) is 77.1 Å². The number of aromatic nitrogens is 3. The number of aryl methyl sites for hydroxylation is 2. The molecule has 2 aliphatic rings. The predicted octanol–water partition coefficient (Wildman–Crippen LogP) is 5.28. The molecule has 0 unspecified atom stereocenters. The number of para-hydroxylation sites is 1. The fourth-order valence-corrected chi connectivity index (χ4v) is 5.71. The number of anilines is 5. The summed E-state index contributed by atoms with van der Waals surface area (Å²) in [5.41, 5.74) is 6.52. The largest absolute Gasteiger partial charge is 0.371 e. The van der Waals surface area contributed by atoms with E-state index in [0.29, 0.717) is 5.95 Å². The van der Waals surface area contributed by atoms with E-state index in [1.165, 1.54) is 55.8 Å². The first-order valence-electron chi connectivity index (χ1n) is 13.8. The molecule has 38 heavy (non-hydrogen) atoms. The number of nitrogens with zero attached hydrogens (tertiary/aromatic N) is 5. The van der Waals surface area contributed by atoms with Crippen molar-refractivity contribution < 1.29 is 0 Å². The van der Waals surface area contributed by atoms with Crippen molar-refractivity contribution in [1.29, 1.82) is 0 Å². The minimum absolute atomic E-state index is 0.569. The average molecular weight is 511 g/mol. The highest BCUT2D eigenvalue weighted by Gasteiger charge is 2.27. The van der Waals surface area contributed by atoms with Gasteiger partial charge in [-0.05, 0) is 75.2 Å². The summed E-state index contributed by atoms with van der Waals surface area (Å²) >= 11 is 0. The average Bonchev–Trinajstić information content (AvgIpc) is 3.41. The lowest BCUT2D eigenvalue weighted by atomic mass is 10.0. The van der Waals surface area contributed by atoms with Crippen molar-refractivity contribution in [3.8, 4) is 0 Å². The molecule has 3 N–H and O–H groups in total. The van der Waals surface area contributed by atoms with Gasteiger partial charge in [-0.2, -0.15) is 9.97 Å². The Morgan fingerprint density at radius 1 is 0.816 bits per heavy atom. The highest BCUT2D eigenvalue weighted by atomic mass is 15.3. The maximum atomic E-state index is 4.84. The van der Waals surface area contributed by atoms with Crippen LogP contribution in [0, 0.1) is 13.8 Å². The SMILES string of the molecule is Cc1cc(N2CCC(N3CCN(C)CC3)CC2)ccc1Nc1nc(Nc2ccccc2C)c2cc[nH]c2n1. The smallest absolute Gasteiger partial charge is 0.231 e. The number of hydrogen-bond acceptors (Lipinski definition) is 7. The number of H-pyrrole nitrogens is 1. The number of piperazine rings is 1. The highest BCUT2D eigenvalue weighted by Crippen LogP contribution is 2.30. The van der Waals surface area contributed by atoms with Crippen LogP contribution in [0.15, 0.2) is 54.7 Å². The first-order chi connectivity index (χ1) is 18.5. The Labute approximate surface area is 225 Å². The van der Waals surface area contributed by atoms with Crippen LogP contribution < -0.4 is 15.5 Å². The Bertz CT molecular complexity index is 1400. The van der Waals surface area contributed by atoms with Crippen molar-refractivity contribution in [2.24, 2.45) is 0 Å². The Kier molecular flexibility index (Phi) is 6.91. The molecule has 8 nitrogen and oxygen atoms in total. The summed E-state index contributed by atoms with van der Waals surface area (Å²) < 4.78 is 0. The van der Waals surface area contributed by atoms with Crippen molar-refractivity contribution in [3.05, 3.63) is 65.9 Å². The lowest BCUT2D eigenvalue weighted by Gasteiger charge is -2.42. The van der Waals surface area contributed by atoms with Crippen LogP contribution in [0.1, 0.15) is 24.0 Å². The summed E-state index contributed by atoms with van der Waals surface area (Å²) in [6, 6.07) is 17.6. The van der Waals surface area contributed by atoms with Crippen molar-refractivity contribution in [2.75, 3.05) is 61.8 Å². The Morgan fingerprint density at radius 3 is 2.34 bits per heavy atom. The number of likely N-dealkylation sites (N-methyl/N-ethyl adjacent to an activating group) is 1. The van der Waals surface area contributed by atoms with Gasteiger partial charge in [-0.25, -0.2) is 0 Å². The maximum Gasteiger partial charge on any atom is 0.231 e. The van der Waals surface area contributed by atoms with E-state index >= 15 is 0 Å². The third kappa shape index (κ3) is 5.19. The van der Waals surface area contributed by atoms with Crippen molar-refractivity contribution in [3.63, 3.8) is 0 Å². The van der Waals surface area contributed by atoms with Gasteiger partial charge >= 0.3 is 0 Å². The molecule has 2 aromatic carbocycles. The number of hydrogen-bond donors (Lipinski definition) is 3. The topological polar surface area (TPSA) is 75.3 Å². The molecular weight excluding hydrogens is 472 g/mol. The normalized spacial score (nSPS) is 17.7. The van der Waals surface area contributed by atoms with E-state index in [1.807, 2.05) is 24.4 Å². The molecular formula is C30H38N8. The van der Waals surface area contributed by atoms with Gasteiger partial charge in [-0.3, -0.25) is 4.90 Å². The van der Waals surface area contributed by atoms with Gasteiger partial charge in [-0.1, -0.05) is 18.2 Å². The molecule has 0 aliphatic carbocycles. The fourth-order valence-electron chi connectivity index (χ4n) is 5.71. The lowest BCUT2D eigenvalue weighted by molar-refractivity contribution is 0.0982. The minimum atomic E-state index is 0.569. The standard InChI is InChI=1S/C30H38N8/c1-21-6-4-5-7-26(21)32-29-25-10-13-31-28(25)34-30(35-29)33-27-9-8-24(20-22(27)2)37-14-11-23(12-15-37)38-18-16-36(3)17-19-38/h4-10,13,20,23H,11-12,14-19H2,1-3H3,(H3,31,32,33,34,35). The molecule has 2 fully saturated rings. The Hall–Kier alpha value is -3.62. The Morgan fingerprint density at radius 2 is 1.58 bits per heavy atom. The van der Waals surface area contributed by atoms with Crippen LogP contribution in [-0.2, 0) is 0 Å². The summed E-state index contributed by atoms with van der Waals surface area (Å²) in [4.78, 5) is 20.5. The molecule has 4 aromatic rings. The molecule has 0 bridgehead atoms. The monoisotopic (exact) mass is 510 g/mol. The minimum Gasteiger partial charge on any atom is -0.371 e. The third-order valence-electron chi connectivity index (χ3n) is 8.15. The second-order valence-electron chi connectivity index (χ2n) is 10.8. The van der Waals surface area contributed by atoms with Gasteiger partial charge in [0.15, 0.2) is 0 Å². The van der Waals surface area contributed by atoms with Crippen LogP contribution in [0.4, 0.5) is 28.8 Å². The van der Waals surface area contributed by atoms with Gasteiger partial charge in [0.1, 0.15) is 11.5 Å². The summed E-state index contributed by atoms with van der Waals surface area (Å²) in [6.07, 6.45) is 4.38. The predicted molar refractivity (Wildman–Crippen MR) is 157 cm³/mol. The van der Waals surface area contributed by atoms with Crippen LogP contribution in [0.25, 0.3) is 11.0 Å². The van der Waals surface area contributed by atoms with Crippen LogP contribution in [0.3, 0.4) is 0 Å². The number of fused-ring (bicyclic) bond motifs is 1. The summed E-state index contributed by atoms with van der Waals surface area (Å²) in [6.45, 7) is 11.3. The van der Waals surface area contributed by atoms with E-state index in [0.717, 1.165) is 47.4 Å². The molecule has 0 atom stereocenters. The molecule has 0 amide bonds. The lowest BCUT2D eigenvalue weighted by Crippen LogP contribution is -2.52. The highest BCUT2D eigenvalue weighted by molar-refractivity contribution is 5.90. The summed E-state index contributed by atoms with van der Waals surface area (Å²) in [7, 11) is 2.23. The van der Waals surface area contributed by atoms with E-state index in [9.17, 15) is 0 Å². The maximum absolute atomic E-state index is 4.84. The molecule has 0 radical (unpaired) electrons. The molecule has 2 saturated heterocycles. The molecule has 198 valence electrons. The van der Waals surface area contributed by atoms with E-state index < -0.39 is 0 Å². The molecule has 0 saturated carbocycles. The summed E-state index contributed by atoms with van der Waals surface area (Å²) in [5.74, 6) is 1.35. The van der Waals surface area contributed by atoms with Gasteiger partial charge in [0.2, 0.25) is 5.95 Å². The van der Waals surface area contributed by atoms with Crippen LogP contribution in [0.5, 0.6) is 0 Å². The molecule has 2 aliphatic heterocycles. The molecule has 6 rings (SSSR count). The van der Waals surface area contributed by atoms with E-state index in [4.69, 9.17) is 9.97 Å².